The van der Waals surface area contributed by atoms with Crippen molar-refractivity contribution in [2.45, 2.75) is 46.1 Å². The van der Waals surface area contributed by atoms with Gasteiger partial charge in [-0.3, -0.25) is 4.79 Å². The molecule has 1 amide bonds. The average molecular weight is 355 g/mol. The van der Waals surface area contributed by atoms with E-state index in [0.717, 1.165) is 17.7 Å². The normalized spacial score (nSPS) is 11.1. The summed E-state index contributed by atoms with van der Waals surface area (Å²) in [6.07, 6.45) is 0.905. The van der Waals surface area contributed by atoms with Crippen LogP contribution in [0.15, 0.2) is 42.5 Å². The molecule has 4 heteroatoms. The number of hydrogen-bond acceptors (Lipinski definition) is 3. The molecule has 0 bridgehead atoms. The van der Waals surface area contributed by atoms with Gasteiger partial charge in [0.25, 0.3) is 5.91 Å². The molecule has 0 aliphatic heterocycles. The smallest absolute Gasteiger partial charge is 0.251 e. The second-order valence-electron chi connectivity index (χ2n) is 7.35. The first-order chi connectivity index (χ1) is 12.3. The zero-order valence-corrected chi connectivity index (χ0v) is 16.4. The molecule has 0 radical (unpaired) electrons. The first-order valence-corrected chi connectivity index (χ1v) is 9.03. The lowest BCUT2D eigenvalue weighted by atomic mass is 9.87. The monoisotopic (exact) mass is 355 g/mol. The van der Waals surface area contributed by atoms with E-state index >= 15 is 0 Å². The van der Waals surface area contributed by atoms with Crippen molar-refractivity contribution in [1.82, 2.24) is 5.32 Å². The highest BCUT2D eigenvalue weighted by Gasteiger charge is 2.14. The van der Waals surface area contributed by atoms with E-state index in [9.17, 15) is 4.79 Å². The number of hydrogen-bond donors (Lipinski definition) is 1. The molecule has 2 rings (SSSR count). The molecular weight excluding hydrogens is 326 g/mol. The fourth-order valence-corrected chi connectivity index (χ4v) is 2.59. The largest absolute Gasteiger partial charge is 0.496 e. The zero-order valence-electron chi connectivity index (χ0n) is 16.4. The summed E-state index contributed by atoms with van der Waals surface area (Å²) in [6.45, 7) is 9.58. The minimum Gasteiger partial charge on any atom is -0.496 e. The Hall–Kier alpha value is -2.49. The van der Waals surface area contributed by atoms with Gasteiger partial charge in [0.15, 0.2) is 0 Å². The van der Waals surface area contributed by atoms with Gasteiger partial charge in [-0.1, -0.05) is 39.8 Å². The highest BCUT2D eigenvalue weighted by molar-refractivity contribution is 5.94. The molecule has 140 valence electrons. The molecule has 0 saturated carbocycles. The van der Waals surface area contributed by atoms with E-state index in [2.05, 4.69) is 38.2 Å². The summed E-state index contributed by atoms with van der Waals surface area (Å²) in [5.74, 6) is 1.43. The van der Waals surface area contributed by atoms with E-state index in [4.69, 9.17) is 9.47 Å². The van der Waals surface area contributed by atoms with Crippen molar-refractivity contribution in [2.75, 3.05) is 13.7 Å². The maximum absolute atomic E-state index is 12.2. The third kappa shape index (κ3) is 5.25. The van der Waals surface area contributed by atoms with Crippen LogP contribution in [-0.2, 0) is 12.0 Å². The van der Waals surface area contributed by atoms with Gasteiger partial charge in [-0.25, -0.2) is 0 Å². The van der Waals surface area contributed by atoms with Crippen LogP contribution in [0.1, 0.15) is 55.6 Å². The Balaban J connectivity index is 2.11. The number of methoxy groups -OCH3 is 1. The predicted octanol–water partition coefficient (Wildman–Crippen LogP) is 4.71. The molecule has 0 aliphatic rings. The Kier molecular flexibility index (Phi) is 6.67. The molecule has 0 heterocycles. The lowest BCUT2D eigenvalue weighted by Gasteiger charge is -2.19. The van der Waals surface area contributed by atoms with Crippen LogP contribution in [0.5, 0.6) is 11.5 Å². The molecule has 2 aromatic rings. The van der Waals surface area contributed by atoms with Gasteiger partial charge < -0.3 is 14.8 Å². The predicted molar refractivity (Wildman–Crippen MR) is 105 cm³/mol. The van der Waals surface area contributed by atoms with Crippen molar-refractivity contribution >= 4 is 5.91 Å². The highest BCUT2D eigenvalue weighted by Crippen LogP contribution is 2.26. The van der Waals surface area contributed by atoms with Crippen molar-refractivity contribution in [1.29, 1.82) is 0 Å². The van der Waals surface area contributed by atoms with E-state index in [1.54, 1.807) is 13.2 Å². The number of benzene rings is 2. The van der Waals surface area contributed by atoms with Crippen molar-refractivity contribution in [2.24, 2.45) is 0 Å². The lowest BCUT2D eigenvalue weighted by Crippen LogP contribution is -2.24. The van der Waals surface area contributed by atoms with Crippen LogP contribution in [0.25, 0.3) is 0 Å². The number of carbonyl (C=O) groups excluding carboxylic acids is 1. The maximum atomic E-state index is 12.2. The molecular formula is C22H29NO3. The molecule has 4 nitrogen and oxygen atoms in total. The summed E-state index contributed by atoms with van der Waals surface area (Å²) in [5, 5.41) is 2.89. The number of carbonyl (C=O) groups is 1. The quantitative estimate of drug-likeness (QED) is 0.782. The zero-order chi connectivity index (χ0) is 19.2. The third-order valence-electron chi connectivity index (χ3n) is 4.19. The van der Waals surface area contributed by atoms with Crippen molar-refractivity contribution in [3.05, 3.63) is 59.2 Å². The van der Waals surface area contributed by atoms with E-state index in [1.807, 2.05) is 31.2 Å². The molecule has 0 fully saturated rings. The van der Waals surface area contributed by atoms with E-state index in [-0.39, 0.29) is 11.3 Å². The van der Waals surface area contributed by atoms with Crippen LogP contribution < -0.4 is 14.8 Å². The van der Waals surface area contributed by atoms with Gasteiger partial charge in [-0.15, -0.1) is 0 Å². The molecule has 0 spiro atoms. The summed E-state index contributed by atoms with van der Waals surface area (Å²) in [4.78, 5) is 12.2. The van der Waals surface area contributed by atoms with Crippen LogP contribution in [0.4, 0.5) is 0 Å². The van der Waals surface area contributed by atoms with Crippen molar-refractivity contribution in [3.8, 4) is 11.5 Å². The molecule has 0 unspecified atom stereocenters. The van der Waals surface area contributed by atoms with Crippen molar-refractivity contribution in [3.63, 3.8) is 0 Å². The van der Waals surface area contributed by atoms with Gasteiger partial charge in [-0.05, 0) is 47.7 Å². The van der Waals surface area contributed by atoms with Crippen molar-refractivity contribution < 1.29 is 14.3 Å². The standard InChI is InChI=1S/C22H29NO3/c1-6-13-23-21(24)16-7-12-20(25-5)17(14-16)15-26-19-10-8-18(9-11-19)22(2,3)4/h7-12,14H,6,13,15H2,1-5H3,(H,23,24). The molecule has 0 atom stereocenters. The van der Waals surface area contributed by atoms with Gasteiger partial charge in [-0.2, -0.15) is 0 Å². The first-order valence-electron chi connectivity index (χ1n) is 9.03. The molecule has 2 aromatic carbocycles. The van der Waals surface area contributed by atoms with E-state index in [0.29, 0.717) is 24.5 Å². The summed E-state index contributed by atoms with van der Waals surface area (Å²) in [6, 6.07) is 13.5. The topological polar surface area (TPSA) is 47.6 Å². The fraction of sp³-hybridized carbons (Fsp3) is 0.409. The molecule has 0 aliphatic carbocycles. The Labute approximate surface area is 156 Å². The number of ether oxygens (including phenoxy) is 2. The summed E-state index contributed by atoms with van der Waals surface area (Å²) in [5.41, 5.74) is 2.83. The summed E-state index contributed by atoms with van der Waals surface area (Å²) < 4.78 is 11.3. The molecule has 26 heavy (non-hydrogen) atoms. The Morgan fingerprint density at radius 3 is 2.35 bits per heavy atom. The third-order valence-corrected chi connectivity index (χ3v) is 4.19. The lowest BCUT2D eigenvalue weighted by molar-refractivity contribution is 0.0953. The highest BCUT2D eigenvalue weighted by atomic mass is 16.5. The number of rotatable bonds is 7. The van der Waals surface area contributed by atoms with Crippen LogP contribution in [0.3, 0.4) is 0 Å². The van der Waals surface area contributed by atoms with Gasteiger partial charge in [0.2, 0.25) is 0 Å². The minimum atomic E-state index is -0.0784. The van der Waals surface area contributed by atoms with Crippen LogP contribution >= 0.6 is 0 Å². The van der Waals surface area contributed by atoms with Gasteiger partial charge in [0.05, 0.1) is 7.11 Å². The number of amides is 1. The van der Waals surface area contributed by atoms with Gasteiger partial charge in [0, 0.05) is 17.7 Å². The maximum Gasteiger partial charge on any atom is 0.251 e. The molecule has 1 N–H and O–H groups in total. The van der Waals surface area contributed by atoms with E-state index in [1.165, 1.54) is 5.56 Å². The Bertz CT molecular complexity index is 730. The fourth-order valence-electron chi connectivity index (χ4n) is 2.59. The second-order valence-corrected chi connectivity index (χ2v) is 7.35. The minimum absolute atomic E-state index is 0.0784. The van der Waals surface area contributed by atoms with Crippen LogP contribution in [0.2, 0.25) is 0 Å². The van der Waals surface area contributed by atoms with Gasteiger partial charge >= 0.3 is 0 Å². The Morgan fingerprint density at radius 2 is 1.77 bits per heavy atom. The van der Waals surface area contributed by atoms with Crippen LogP contribution in [-0.4, -0.2) is 19.6 Å². The van der Waals surface area contributed by atoms with Gasteiger partial charge in [0.1, 0.15) is 18.1 Å². The summed E-state index contributed by atoms with van der Waals surface area (Å²) >= 11 is 0. The number of nitrogens with one attached hydrogen (secondary N) is 1. The Morgan fingerprint density at radius 1 is 1.08 bits per heavy atom. The second kappa shape index (κ2) is 8.75. The molecule has 0 aromatic heterocycles. The summed E-state index contributed by atoms with van der Waals surface area (Å²) in [7, 11) is 1.62. The SMILES string of the molecule is CCCNC(=O)c1ccc(OC)c(COc2ccc(C(C)(C)C)cc2)c1. The molecule has 0 saturated heterocycles. The van der Waals surface area contributed by atoms with E-state index < -0.39 is 0 Å². The first kappa shape index (κ1) is 19.8. The van der Waals surface area contributed by atoms with Crippen LogP contribution in [0, 0.1) is 0 Å². The average Bonchev–Trinajstić information content (AvgIpc) is 2.63.